The maximum atomic E-state index is 6.16. The van der Waals surface area contributed by atoms with Crippen molar-refractivity contribution in [2.45, 2.75) is 0 Å². The lowest BCUT2D eigenvalue weighted by molar-refractivity contribution is 0.720. The van der Waals surface area contributed by atoms with Crippen molar-refractivity contribution in [1.29, 1.82) is 0 Å². The lowest BCUT2D eigenvalue weighted by Gasteiger charge is -2.28. The molecule has 0 bridgehead atoms. The number of hydrogen-bond acceptors (Lipinski definition) is 3. The molecule has 32 heavy (non-hydrogen) atoms. The number of aromatic nitrogens is 4. The number of tetrazole rings is 1. The fraction of sp³-hybridized carbons (Fsp3) is 0. The molecule has 0 amide bonds. The van der Waals surface area contributed by atoms with E-state index in [2.05, 4.69) is 88.9 Å². The third-order valence-electron chi connectivity index (χ3n) is 5.27. The highest BCUT2D eigenvalue weighted by Gasteiger charge is 2.26. The van der Waals surface area contributed by atoms with Gasteiger partial charge in [0, 0.05) is 5.02 Å². The van der Waals surface area contributed by atoms with E-state index in [4.69, 9.17) is 16.7 Å². The van der Waals surface area contributed by atoms with Gasteiger partial charge in [-0.25, -0.2) is 0 Å². The van der Waals surface area contributed by atoms with Crippen LogP contribution in [0.5, 0.6) is 0 Å². The second-order valence-electron chi connectivity index (χ2n) is 7.28. The smallest absolute Gasteiger partial charge is 0.130 e. The van der Waals surface area contributed by atoms with Crippen molar-refractivity contribution in [3.05, 3.63) is 126 Å². The van der Waals surface area contributed by atoms with Crippen molar-refractivity contribution in [3.63, 3.8) is 0 Å². The molecule has 0 saturated carbocycles. The van der Waals surface area contributed by atoms with E-state index in [1.165, 1.54) is 20.7 Å². The van der Waals surface area contributed by atoms with Gasteiger partial charge in [0.05, 0.1) is 5.69 Å². The van der Waals surface area contributed by atoms with Crippen LogP contribution in [0.2, 0.25) is 5.02 Å². The summed E-state index contributed by atoms with van der Waals surface area (Å²) in [4.78, 5) is 1.52. The topological polar surface area (TPSA) is 43.6 Å². The molecule has 0 fully saturated rings. The van der Waals surface area contributed by atoms with E-state index in [1.807, 2.05) is 42.5 Å². The monoisotopic (exact) mass is 454 g/mol. The first-order valence-electron chi connectivity index (χ1n) is 10.2. The molecule has 0 atom stereocenters. The Balaban J connectivity index is 1.78. The van der Waals surface area contributed by atoms with E-state index in [0.29, 0.717) is 10.8 Å². The van der Waals surface area contributed by atoms with Crippen LogP contribution in [0.1, 0.15) is 5.82 Å². The van der Waals surface area contributed by atoms with Crippen LogP contribution < -0.4 is 15.9 Å². The summed E-state index contributed by atoms with van der Waals surface area (Å²) in [6.45, 7) is -2.19. The van der Waals surface area contributed by atoms with Gasteiger partial charge in [0.25, 0.3) is 0 Å². The van der Waals surface area contributed by atoms with Crippen molar-refractivity contribution in [1.82, 2.24) is 20.2 Å². The van der Waals surface area contributed by atoms with Gasteiger partial charge in [-0.2, -0.15) is 0 Å². The molecule has 0 aliphatic rings. The molecule has 0 aliphatic carbocycles. The fourth-order valence-electron chi connectivity index (χ4n) is 3.82. The van der Waals surface area contributed by atoms with E-state index < -0.39 is 6.89 Å². The molecule has 0 unspecified atom stereocenters. The average Bonchev–Trinajstić information content (AvgIpc) is 3.33. The Kier molecular flexibility index (Phi) is 5.72. The Morgan fingerprint density at radius 2 is 1.19 bits per heavy atom. The van der Waals surface area contributed by atoms with Crippen LogP contribution in [0, 0.1) is 0 Å². The highest BCUT2D eigenvalue weighted by atomic mass is 35.5. The molecule has 0 saturated heterocycles. The molecule has 5 rings (SSSR count). The summed E-state index contributed by atoms with van der Waals surface area (Å²) in [7, 11) is 0. The molecule has 0 N–H and O–H groups in total. The molecule has 4 nitrogen and oxygen atoms in total. The van der Waals surface area contributed by atoms with Crippen LogP contribution in [0.3, 0.4) is 0 Å². The van der Waals surface area contributed by atoms with Crippen LogP contribution in [-0.4, -0.2) is 26.0 Å². The van der Waals surface area contributed by atoms with Crippen LogP contribution >= 0.6 is 18.5 Å². The first-order valence-corrected chi connectivity index (χ1v) is 12.5. The highest BCUT2D eigenvalue weighted by Crippen LogP contribution is 2.44. The normalized spacial score (nSPS) is 11.3. The average molecular weight is 455 g/mol. The summed E-state index contributed by atoms with van der Waals surface area (Å²) in [6.07, 6.45) is 0. The van der Waals surface area contributed by atoms with Gasteiger partial charge in [0.15, 0.2) is 5.82 Å². The van der Waals surface area contributed by atoms with Gasteiger partial charge in [0.1, 0.15) is 0 Å². The lowest BCUT2D eigenvalue weighted by Crippen LogP contribution is -2.27. The van der Waals surface area contributed by atoms with Crippen LogP contribution in [0.25, 0.3) is 5.69 Å². The Labute approximate surface area is 192 Å². The summed E-state index contributed by atoms with van der Waals surface area (Å²) >= 11 is 6.16. The van der Waals surface area contributed by atoms with Gasteiger partial charge in [-0.3, -0.25) is 0 Å². The number of nitrogens with zero attached hydrogens (tertiary/aromatic N) is 4. The van der Waals surface area contributed by atoms with Crippen molar-refractivity contribution in [2.24, 2.45) is 0 Å². The molecule has 1 aromatic heterocycles. The van der Waals surface area contributed by atoms with Crippen molar-refractivity contribution in [3.8, 4) is 5.69 Å². The predicted molar refractivity (Wildman–Crippen MR) is 134 cm³/mol. The third-order valence-corrected chi connectivity index (χ3v) is 9.46. The minimum absolute atomic E-state index is 0.579. The Bertz CT molecular complexity index is 1280. The van der Waals surface area contributed by atoms with Crippen LogP contribution in [-0.2, 0) is 0 Å². The SMILES string of the molecule is Clc1cccc(-n2nnc(C=P(c3ccccc3)(c3ccccc3)c3ccccc3)n2)c1. The molecule has 5 aromatic rings. The Morgan fingerprint density at radius 1 is 0.656 bits per heavy atom. The molecule has 0 spiro atoms. The quantitative estimate of drug-likeness (QED) is 0.368. The number of hydrogen-bond donors (Lipinski definition) is 0. The summed E-state index contributed by atoms with van der Waals surface area (Å²) < 4.78 is 0. The van der Waals surface area contributed by atoms with Gasteiger partial charge in [-0.15, -0.1) is 15.0 Å². The molecule has 4 aromatic carbocycles. The lowest BCUT2D eigenvalue weighted by atomic mass is 10.3. The fourth-order valence-corrected chi connectivity index (χ4v) is 7.72. The van der Waals surface area contributed by atoms with Crippen molar-refractivity contribution >= 4 is 40.2 Å². The maximum Gasteiger partial charge on any atom is 0.199 e. The minimum atomic E-state index is -2.19. The zero-order valence-electron chi connectivity index (χ0n) is 17.2. The molecule has 0 radical (unpaired) electrons. The van der Waals surface area contributed by atoms with Gasteiger partial charge >= 0.3 is 0 Å². The standard InChI is InChI=1S/C26H20ClN4P/c27-21-11-10-12-22(19-21)31-29-26(28-30-31)20-32(23-13-4-1-5-14-23,24-15-6-2-7-16-24)25-17-8-3-9-18-25/h1-20H. The Hall–Kier alpha value is -3.46. The maximum absolute atomic E-state index is 6.16. The second kappa shape index (κ2) is 8.96. The zero-order chi connectivity index (χ0) is 21.8. The first-order chi connectivity index (χ1) is 15.8. The van der Waals surface area contributed by atoms with Gasteiger partial charge in [0.2, 0.25) is 0 Å². The number of halogens is 1. The molecule has 156 valence electrons. The van der Waals surface area contributed by atoms with E-state index in [9.17, 15) is 0 Å². The van der Waals surface area contributed by atoms with E-state index in [-0.39, 0.29) is 0 Å². The Morgan fingerprint density at radius 3 is 1.69 bits per heavy atom. The predicted octanol–water partition coefficient (Wildman–Crippen LogP) is 4.46. The zero-order valence-corrected chi connectivity index (χ0v) is 18.8. The molecule has 6 heteroatoms. The minimum Gasteiger partial charge on any atom is -0.130 e. The summed E-state index contributed by atoms with van der Waals surface area (Å²) in [5.74, 6) is 2.77. The van der Waals surface area contributed by atoms with Crippen molar-refractivity contribution < 1.29 is 0 Å². The van der Waals surface area contributed by atoms with E-state index in [0.717, 1.165) is 5.69 Å². The summed E-state index contributed by atoms with van der Waals surface area (Å²) in [5, 5.41) is 17.7. The molecular weight excluding hydrogens is 435 g/mol. The van der Waals surface area contributed by atoms with Crippen molar-refractivity contribution in [2.75, 3.05) is 0 Å². The molecule has 0 aliphatic heterocycles. The van der Waals surface area contributed by atoms with Gasteiger partial charge in [-0.1, -0.05) is 109 Å². The molecular formula is C26H20ClN4P. The number of benzene rings is 4. The third kappa shape index (κ3) is 3.91. The van der Waals surface area contributed by atoms with Crippen LogP contribution in [0.15, 0.2) is 115 Å². The van der Waals surface area contributed by atoms with E-state index >= 15 is 0 Å². The summed E-state index contributed by atoms with van der Waals surface area (Å²) in [5.41, 5.74) is 0.771. The largest absolute Gasteiger partial charge is 0.199 e. The molecule has 1 heterocycles. The van der Waals surface area contributed by atoms with Crippen LogP contribution in [0.4, 0.5) is 0 Å². The van der Waals surface area contributed by atoms with E-state index in [1.54, 1.807) is 0 Å². The number of rotatable bonds is 5. The highest BCUT2D eigenvalue weighted by molar-refractivity contribution is 7.94. The second-order valence-corrected chi connectivity index (χ2v) is 11.0. The first kappa shape index (κ1) is 20.4. The summed E-state index contributed by atoms with van der Waals surface area (Å²) in [6, 6.07) is 39.2. The van der Waals surface area contributed by atoms with Gasteiger partial charge < -0.3 is 0 Å². The van der Waals surface area contributed by atoms with Gasteiger partial charge in [-0.05, 0) is 52.0 Å².